The summed E-state index contributed by atoms with van der Waals surface area (Å²) in [5.74, 6) is 0. The quantitative estimate of drug-likeness (QED) is 0.140. The van der Waals surface area contributed by atoms with Crippen molar-refractivity contribution >= 4 is 77.9 Å². The van der Waals surface area contributed by atoms with Crippen molar-refractivity contribution in [3.8, 4) is 11.1 Å². The molecular weight excluding hydrogens is 734 g/mol. The van der Waals surface area contributed by atoms with Gasteiger partial charge in [0.2, 0.25) is 0 Å². The molecule has 4 rings (SSSR count). The van der Waals surface area contributed by atoms with Crippen LogP contribution in [0.25, 0.3) is 16.7 Å². The zero-order valence-electron chi connectivity index (χ0n) is 34.0. The maximum absolute atomic E-state index is 4.34. The Morgan fingerprint density at radius 1 is 0.417 bits per heavy atom. The maximum atomic E-state index is 4.34. The van der Waals surface area contributed by atoms with E-state index in [0.29, 0.717) is 0 Å². The van der Waals surface area contributed by atoms with Crippen molar-refractivity contribution in [3.63, 3.8) is 0 Å². The van der Waals surface area contributed by atoms with Gasteiger partial charge in [0.15, 0.2) is 0 Å². The normalized spacial score (nSPS) is 14.5. The second-order valence-corrected chi connectivity index (χ2v) is 57.0. The second kappa shape index (κ2) is 13.6. The SMILES string of the molecule is C[Si](C)(C)C(c1cc(C([Si](C)(C)C)[Si](C)(C)C)[c]([Ge]=[C]=C2c3ccccc3-c3ccccc32)c(C([Si](C)(C)C)[Si](C)(C)C)c1)[Si](C)(C)C. The Hall–Kier alpha value is -0.846. The van der Waals surface area contributed by atoms with Crippen LogP contribution in [-0.2, 0) is 0 Å². The van der Waals surface area contributed by atoms with Gasteiger partial charge in [0.25, 0.3) is 0 Å². The number of hydrogen-bond acceptors (Lipinski definition) is 0. The van der Waals surface area contributed by atoms with E-state index in [1.54, 1.807) is 21.1 Å². The van der Waals surface area contributed by atoms with E-state index in [-0.39, 0.29) is 0 Å². The first kappa shape index (κ1) is 39.9. The summed E-state index contributed by atoms with van der Waals surface area (Å²) in [6.07, 6.45) is 0. The predicted molar refractivity (Wildman–Crippen MR) is 240 cm³/mol. The standard InChI is InChI=1S/C41H67GeSi6/c1-43(2,3)39(44(4,5)6)30-27-35(40(45(7,8)9)46(10,11)12)38(36(28-30)41(47(13,14)15)48(16,17)18)42-29-37-33-25-21-19-23-31(33)32-24-20-22-26-34(32)37/h19-28,39-41H,1-18H3. The van der Waals surface area contributed by atoms with Crippen molar-refractivity contribution in [2.75, 3.05) is 0 Å². The summed E-state index contributed by atoms with van der Waals surface area (Å²) in [4.78, 5) is 0. The second-order valence-electron chi connectivity index (χ2n) is 21.3. The molecule has 0 saturated heterocycles. The van der Waals surface area contributed by atoms with E-state index in [9.17, 15) is 0 Å². The molecule has 48 heavy (non-hydrogen) atoms. The molecule has 3 aromatic rings. The zero-order chi connectivity index (χ0) is 36.4. The van der Waals surface area contributed by atoms with Crippen LogP contribution >= 0.6 is 0 Å². The molecule has 0 heterocycles. The van der Waals surface area contributed by atoms with Gasteiger partial charge in [0.05, 0.1) is 0 Å². The minimum atomic E-state index is -1.58. The molecule has 0 spiro atoms. The summed E-state index contributed by atoms with van der Waals surface area (Å²) < 4.78 is 6.13. The van der Waals surface area contributed by atoms with E-state index in [1.807, 2.05) is 0 Å². The van der Waals surface area contributed by atoms with Crippen LogP contribution in [0.3, 0.4) is 0 Å². The van der Waals surface area contributed by atoms with Gasteiger partial charge in [-0.1, -0.05) is 0 Å². The molecule has 0 N–H and O–H groups in total. The van der Waals surface area contributed by atoms with Crippen LogP contribution in [0.5, 0.6) is 0 Å². The molecule has 3 aromatic carbocycles. The Labute approximate surface area is 308 Å². The molecule has 0 atom stereocenters. The van der Waals surface area contributed by atoms with Crippen LogP contribution in [0.2, 0.25) is 118 Å². The van der Waals surface area contributed by atoms with Gasteiger partial charge in [0.1, 0.15) is 0 Å². The van der Waals surface area contributed by atoms with Gasteiger partial charge in [-0.05, 0) is 0 Å². The molecule has 1 aliphatic rings. The fraction of sp³-hybridized carbons (Fsp3) is 0.512. The van der Waals surface area contributed by atoms with Gasteiger partial charge in [-0.2, -0.15) is 0 Å². The zero-order valence-corrected chi connectivity index (χ0v) is 42.1. The van der Waals surface area contributed by atoms with Crippen molar-refractivity contribution in [2.24, 2.45) is 0 Å². The summed E-state index contributed by atoms with van der Waals surface area (Å²) in [5.41, 5.74) is 12.3. The third-order valence-electron chi connectivity index (χ3n) is 10.4. The molecular formula is C41H67GeSi6. The van der Waals surface area contributed by atoms with Crippen molar-refractivity contribution in [1.29, 1.82) is 0 Å². The van der Waals surface area contributed by atoms with Crippen LogP contribution in [0, 0.1) is 0 Å². The summed E-state index contributed by atoms with van der Waals surface area (Å²) in [6.45, 7) is 48.1. The number of hydrogen-bond donors (Lipinski definition) is 0. The van der Waals surface area contributed by atoms with E-state index in [2.05, 4.69) is 183 Å². The molecule has 0 nitrogen and oxygen atoms in total. The number of rotatable bonds is 10. The fourth-order valence-corrected chi connectivity index (χ4v) is 52.5. The Bertz CT molecular complexity index is 1580. The van der Waals surface area contributed by atoms with E-state index in [1.165, 1.54) is 27.8 Å². The first-order valence-corrected chi connectivity index (χ1v) is 42.0. The van der Waals surface area contributed by atoms with Gasteiger partial charge in [-0.3, -0.25) is 0 Å². The summed E-state index contributed by atoms with van der Waals surface area (Å²) in [6, 6.07) is 23.9. The van der Waals surface area contributed by atoms with Crippen LogP contribution in [0.15, 0.2) is 60.7 Å². The van der Waals surface area contributed by atoms with E-state index in [4.69, 9.17) is 0 Å². The van der Waals surface area contributed by atoms with Crippen molar-refractivity contribution in [1.82, 2.24) is 0 Å². The molecule has 1 radical (unpaired) electrons. The number of fused-ring (bicyclic) bond motifs is 3. The van der Waals surface area contributed by atoms with Gasteiger partial charge >= 0.3 is 311 Å². The molecule has 0 amide bonds. The molecule has 0 saturated carbocycles. The Kier molecular flexibility index (Phi) is 11.3. The Balaban J connectivity index is 2.29. The molecule has 0 bridgehead atoms. The first-order chi connectivity index (χ1) is 21.6. The average molecular weight is 801 g/mol. The molecule has 0 unspecified atom stereocenters. The molecule has 7 heteroatoms. The van der Waals surface area contributed by atoms with Gasteiger partial charge in [-0.15, -0.1) is 0 Å². The van der Waals surface area contributed by atoms with E-state index in [0.717, 1.165) is 15.5 Å². The van der Waals surface area contributed by atoms with Crippen LogP contribution < -0.4 is 4.40 Å². The fourth-order valence-electron chi connectivity index (χ4n) is 10.5. The van der Waals surface area contributed by atoms with Crippen LogP contribution in [0.1, 0.15) is 43.3 Å². The minimum absolute atomic E-state index is 0.701. The van der Waals surface area contributed by atoms with Crippen molar-refractivity contribution in [2.45, 2.75) is 133 Å². The number of benzene rings is 3. The molecule has 259 valence electrons. The summed E-state index contributed by atoms with van der Waals surface area (Å²) in [7, 11) is -9.31. The first-order valence-electron chi connectivity index (χ1n) is 18.4. The molecule has 0 fully saturated rings. The predicted octanol–water partition coefficient (Wildman–Crippen LogP) is 12.0. The van der Waals surface area contributed by atoms with Crippen LogP contribution in [-0.4, -0.2) is 67.9 Å². The monoisotopic (exact) mass is 801 g/mol. The van der Waals surface area contributed by atoms with E-state index < -0.39 is 63.4 Å². The average Bonchev–Trinajstić information content (AvgIpc) is 3.17. The molecule has 1 aliphatic carbocycles. The van der Waals surface area contributed by atoms with Gasteiger partial charge in [-0.25, -0.2) is 0 Å². The summed E-state index contributed by atoms with van der Waals surface area (Å²) >= 11 is -0.701. The molecule has 0 aromatic heterocycles. The van der Waals surface area contributed by atoms with Gasteiger partial charge < -0.3 is 0 Å². The third kappa shape index (κ3) is 8.44. The van der Waals surface area contributed by atoms with Crippen LogP contribution in [0.4, 0.5) is 0 Å². The Morgan fingerprint density at radius 2 is 0.708 bits per heavy atom. The topological polar surface area (TPSA) is 0 Å². The van der Waals surface area contributed by atoms with Gasteiger partial charge in [0, 0.05) is 0 Å². The molecule has 0 aliphatic heterocycles. The van der Waals surface area contributed by atoms with Crippen molar-refractivity contribution < 1.29 is 0 Å². The van der Waals surface area contributed by atoms with E-state index >= 15 is 0 Å². The summed E-state index contributed by atoms with van der Waals surface area (Å²) in [5, 5.41) is 2.20. The third-order valence-corrected chi connectivity index (χ3v) is 40.8. The Morgan fingerprint density at radius 3 is 1.00 bits per heavy atom. The van der Waals surface area contributed by atoms with Crippen molar-refractivity contribution in [3.05, 3.63) is 88.5 Å².